The lowest BCUT2D eigenvalue weighted by Crippen LogP contribution is -2.62. The van der Waals surface area contributed by atoms with Crippen LogP contribution in [0, 0.1) is 28.1 Å². The lowest BCUT2D eigenvalue weighted by Gasteiger charge is -2.38. The van der Waals surface area contributed by atoms with Gasteiger partial charge in [-0.15, -0.1) is 6.58 Å². The maximum atomic E-state index is 14.3. The largest absolute Gasteiger partial charge is 0.346 e. The summed E-state index contributed by atoms with van der Waals surface area (Å²) in [6.45, 7) is 20.7. The first kappa shape index (κ1) is 40.1. The van der Waals surface area contributed by atoms with Crippen molar-refractivity contribution in [1.29, 1.82) is 0 Å². The molecule has 268 valence electrons. The van der Waals surface area contributed by atoms with E-state index in [0.29, 0.717) is 13.0 Å². The maximum absolute atomic E-state index is 14.3. The Labute approximate surface area is 280 Å². The number of likely N-dealkylation sites (tertiary alicyclic amines) is 1. The Morgan fingerprint density at radius 3 is 2.09 bits per heavy atom. The van der Waals surface area contributed by atoms with E-state index in [4.69, 9.17) is 0 Å². The number of hydrogen-bond acceptors (Lipinski definition) is 7. The van der Waals surface area contributed by atoms with Crippen LogP contribution in [0.5, 0.6) is 0 Å². The molecular weight excluding hydrogens is 626 g/mol. The van der Waals surface area contributed by atoms with Crippen LogP contribution < -0.4 is 26.0 Å². The molecule has 1 saturated carbocycles. The number of nitrogens with one attached hydrogen (secondary N) is 5. The average Bonchev–Trinajstić information content (AvgIpc) is 3.26. The highest BCUT2D eigenvalue weighted by atomic mass is 32.2. The summed E-state index contributed by atoms with van der Waals surface area (Å²) in [6, 6.07) is -4.30. The SMILES string of the molecule is C=CCNC(=O)C(=O)C(CCC)NC(=O)[C@@H]1[C@@H]2[C@H](CN1C(=O)[C@@H](NC(=O)N[C@H](CNS(=O)(=O)N(C)C)C(C)(C)C)C(C)(C)C)C2(C)C. The van der Waals surface area contributed by atoms with Crippen molar-refractivity contribution in [1.82, 2.24) is 35.2 Å². The van der Waals surface area contributed by atoms with E-state index in [1.54, 1.807) is 20.8 Å². The summed E-state index contributed by atoms with van der Waals surface area (Å²) in [4.78, 5) is 68.4. The number of carbonyl (C=O) groups is 5. The first-order chi connectivity index (χ1) is 21.4. The Bertz CT molecular complexity index is 1320. The van der Waals surface area contributed by atoms with E-state index in [9.17, 15) is 32.4 Å². The molecule has 0 radical (unpaired) electrons. The van der Waals surface area contributed by atoms with Gasteiger partial charge in [-0.3, -0.25) is 19.2 Å². The maximum Gasteiger partial charge on any atom is 0.315 e. The van der Waals surface area contributed by atoms with Crippen LogP contribution in [0.15, 0.2) is 12.7 Å². The number of fused-ring (bicyclic) bond motifs is 1. The van der Waals surface area contributed by atoms with Crippen LogP contribution in [0.4, 0.5) is 4.79 Å². The Hall–Kier alpha value is -3.04. The normalized spacial score (nSPS) is 22.4. The zero-order valence-electron chi connectivity index (χ0n) is 29.9. The predicted octanol–water partition coefficient (Wildman–Crippen LogP) is 1.15. The Kier molecular flexibility index (Phi) is 12.8. The zero-order chi connectivity index (χ0) is 36.3. The number of nitrogens with zero attached hydrogens (tertiary/aromatic N) is 2. The molecule has 1 aliphatic heterocycles. The number of carbonyl (C=O) groups excluding carboxylic acids is 5. The molecule has 5 amide bonds. The molecule has 1 heterocycles. The lowest BCUT2D eigenvalue weighted by molar-refractivity contribution is -0.145. The van der Waals surface area contributed by atoms with Crippen molar-refractivity contribution in [3.63, 3.8) is 0 Å². The molecule has 2 aliphatic rings. The molecule has 1 aliphatic carbocycles. The molecule has 0 aromatic rings. The summed E-state index contributed by atoms with van der Waals surface area (Å²) in [5, 5.41) is 10.9. The molecule has 0 aromatic carbocycles. The van der Waals surface area contributed by atoms with Gasteiger partial charge in [-0.2, -0.15) is 12.7 Å². The second kappa shape index (κ2) is 15.0. The van der Waals surface area contributed by atoms with Crippen LogP contribution in [0.1, 0.15) is 75.2 Å². The second-order valence-electron chi connectivity index (χ2n) is 15.6. The fraction of sp³-hybridized carbons (Fsp3) is 0.781. The number of ketones is 1. The number of piperidine rings is 1. The summed E-state index contributed by atoms with van der Waals surface area (Å²) in [6.07, 6.45) is 2.23. The van der Waals surface area contributed by atoms with Gasteiger partial charge in [0, 0.05) is 39.8 Å². The van der Waals surface area contributed by atoms with Crippen molar-refractivity contribution in [3.8, 4) is 0 Å². The lowest BCUT2D eigenvalue weighted by atomic mass is 9.85. The van der Waals surface area contributed by atoms with E-state index in [1.165, 1.54) is 25.1 Å². The monoisotopic (exact) mass is 683 g/mol. The predicted molar refractivity (Wildman–Crippen MR) is 180 cm³/mol. The van der Waals surface area contributed by atoms with Crippen LogP contribution in [-0.2, 0) is 29.4 Å². The van der Waals surface area contributed by atoms with Gasteiger partial charge in [0.25, 0.3) is 16.1 Å². The summed E-state index contributed by atoms with van der Waals surface area (Å²) in [5.41, 5.74) is -1.54. The van der Waals surface area contributed by atoms with Crippen molar-refractivity contribution in [2.75, 3.05) is 33.7 Å². The summed E-state index contributed by atoms with van der Waals surface area (Å²) < 4.78 is 28.2. The first-order valence-electron chi connectivity index (χ1n) is 16.2. The van der Waals surface area contributed by atoms with Crippen molar-refractivity contribution in [3.05, 3.63) is 12.7 Å². The van der Waals surface area contributed by atoms with Crippen LogP contribution in [0.25, 0.3) is 0 Å². The quantitative estimate of drug-likeness (QED) is 0.127. The van der Waals surface area contributed by atoms with Gasteiger partial charge in [-0.1, -0.05) is 74.8 Å². The molecule has 15 heteroatoms. The van der Waals surface area contributed by atoms with Gasteiger partial charge in [0.15, 0.2) is 0 Å². The molecule has 1 saturated heterocycles. The van der Waals surface area contributed by atoms with E-state index in [1.807, 2.05) is 41.5 Å². The molecule has 47 heavy (non-hydrogen) atoms. The molecule has 2 fully saturated rings. The molecule has 2 rings (SSSR count). The van der Waals surface area contributed by atoms with E-state index < -0.39 is 74.7 Å². The molecule has 5 N–H and O–H groups in total. The Morgan fingerprint density at radius 2 is 1.60 bits per heavy atom. The van der Waals surface area contributed by atoms with E-state index in [2.05, 4.69) is 32.6 Å². The molecule has 14 nitrogen and oxygen atoms in total. The minimum atomic E-state index is -3.75. The van der Waals surface area contributed by atoms with E-state index in [0.717, 1.165) is 4.31 Å². The highest BCUT2D eigenvalue weighted by Crippen LogP contribution is 2.65. The third-order valence-corrected chi connectivity index (χ3v) is 10.8. The third kappa shape index (κ3) is 9.75. The van der Waals surface area contributed by atoms with Crippen molar-refractivity contribution in [2.45, 2.75) is 99.3 Å². The number of hydrogen-bond donors (Lipinski definition) is 5. The van der Waals surface area contributed by atoms with Gasteiger partial charge >= 0.3 is 6.03 Å². The van der Waals surface area contributed by atoms with Crippen LogP contribution in [0.2, 0.25) is 0 Å². The fourth-order valence-corrected chi connectivity index (χ4v) is 6.71. The highest BCUT2D eigenvalue weighted by Gasteiger charge is 2.70. The first-order valence-corrected chi connectivity index (χ1v) is 17.6. The topological polar surface area (TPSA) is 186 Å². The van der Waals surface area contributed by atoms with Crippen molar-refractivity contribution in [2.24, 2.45) is 28.1 Å². The van der Waals surface area contributed by atoms with Crippen molar-refractivity contribution >= 4 is 39.7 Å². The molecule has 0 aromatic heterocycles. The number of amides is 5. The molecule has 6 atom stereocenters. The van der Waals surface area contributed by atoms with Crippen LogP contribution >= 0.6 is 0 Å². The Balaban J connectivity index is 2.31. The standard InChI is InChI=1S/C32H57N7O7S/c1-13-15-20(24(40)27(42)33-16-14-2)35-26(41)23-22-19(32(22,9)10)18-39(23)28(43)25(31(6,7)8)37-29(44)36-21(30(3,4)5)17-34-47(45,46)38(11)12/h14,19-23,25,34H,2,13,15-18H2,1,3-12H3,(H,33,42)(H,35,41)(H2,36,37,44)/t19-,20?,21+,22-,23-,25+/m0/s1. The fourth-order valence-electron chi connectivity index (χ4n) is 6.08. The van der Waals surface area contributed by atoms with Gasteiger partial charge in [0.1, 0.15) is 12.1 Å². The highest BCUT2D eigenvalue weighted by molar-refractivity contribution is 7.87. The van der Waals surface area contributed by atoms with Gasteiger partial charge < -0.3 is 26.2 Å². The van der Waals surface area contributed by atoms with Gasteiger partial charge in [0.2, 0.25) is 17.6 Å². The van der Waals surface area contributed by atoms with E-state index >= 15 is 0 Å². The summed E-state index contributed by atoms with van der Waals surface area (Å²) in [7, 11) is -0.953. The third-order valence-electron chi connectivity index (χ3n) is 9.29. The average molecular weight is 684 g/mol. The minimum Gasteiger partial charge on any atom is -0.346 e. The van der Waals surface area contributed by atoms with E-state index in [-0.39, 0.29) is 36.8 Å². The zero-order valence-corrected chi connectivity index (χ0v) is 30.8. The second-order valence-corrected chi connectivity index (χ2v) is 17.5. The summed E-state index contributed by atoms with van der Waals surface area (Å²) >= 11 is 0. The summed E-state index contributed by atoms with van der Waals surface area (Å²) in [5.74, 6) is -2.67. The Morgan fingerprint density at radius 1 is 1.00 bits per heavy atom. The van der Waals surface area contributed by atoms with Gasteiger partial charge in [0.05, 0.1) is 6.04 Å². The number of urea groups is 1. The van der Waals surface area contributed by atoms with Gasteiger partial charge in [-0.05, 0) is 34.5 Å². The van der Waals surface area contributed by atoms with Crippen LogP contribution in [-0.4, -0.2) is 105 Å². The van der Waals surface area contributed by atoms with Crippen LogP contribution in [0.3, 0.4) is 0 Å². The molecule has 0 spiro atoms. The number of Topliss-reactive ketones (excluding diaryl/α,β-unsaturated/α-hetero) is 1. The molecular formula is C32H57N7O7S. The molecule has 1 unspecified atom stereocenters. The smallest absolute Gasteiger partial charge is 0.315 e. The number of rotatable bonds is 15. The minimum absolute atomic E-state index is 0.0443. The van der Waals surface area contributed by atoms with Gasteiger partial charge in [-0.25, -0.2) is 9.52 Å². The molecule has 0 bridgehead atoms. The van der Waals surface area contributed by atoms with Crippen molar-refractivity contribution < 1.29 is 32.4 Å².